The fourth-order valence-electron chi connectivity index (χ4n) is 7.60. The van der Waals surface area contributed by atoms with Gasteiger partial charge >= 0.3 is 7.12 Å². The number of hydrogen-bond acceptors (Lipinski definition) is 7. The van der Waals surface area contributed by atoms with E-state index in [1.165, 1.54) is 24.3 Å². The van der Waals surface area contributed by atoms with E-state index in [-0.39, 0.29) is 40.8 Å². The van der Waals surface area contributed by atoms with E-state index in [1.807, 2.05) is 59.7 Å². The number of aromatic amines is 1. The maximum atomic E-state index is 15.8. The lowest BCUT2D eigenvalue weighted by Gasteiger charge is -2.32. The number of rotatable bonds is 2. The van der Waals surface area contributed by atoms with Crippen LogP contribution in [0.3, 0.4) is 0 Å². The van der Waals surface area contributed by atoms with Crippen molar-refractivity contribution in [1.82, 2.24) is 19.7 Å². The molecule has 0 spiro atoms. The molecule has 0 saturated carbocycles. The van der Waals surface area contributed by atoms with Gasteiger partial charge in [0.15, 0.2) is 33.1 Å². The molecule has 13 heteroatoms. The molecule has 1 N–H and O–H groups in total. The van der Waals surface area contributed by atoms with E-state index in [0.717, 1.165) is 11.0 Å². The third-order valence-electron chi connectivity index (χ3n) is 11.4. The van der Waals surface area contributed by atoms with Crippen LogP contribution in [0.1, 0.15) is 84.7 Å². The fourth-order valence-corrected chi connectivity index (χ4v) is 9.60. The van der Waals surface area contributed by atoms with Crippen molar-refractivity contribution in [2.75, 3.05) is 11.5 Å². The molecule has 5 aromatic rings. The number of sulfone groups is 1. The van der Waals surface area contributed by atoms with Crippen LogP contribution in [0.5, 0.6) is 11.5 Å². The molecular formula is C40H47BF2N4O5S. The number of H-pyrrole nitrogens is 1. The van der Waals surface area contributed by atoms with Crippen molar-refractivity contribution in [3.05, 3.63) is 89.4 Å². The normalized spacial score (nSPS) is 22.5. The van der Waals surface area contributed by atoms with Crippen LogP contribution < -0.4 is 10.2 Å². The molecular weight excluding hydrogens is 697 g/mol. The van der Waals surface area contributed by atoms with Gasteiger partial charge in [0, 0.05) is 35.8 Å². The minimum atomic E-state index is -3.58. The highest BCUT2D eigenvalue weighted by molar-refractivity contribution is 7.91. The molecule has 2 aliphatic heterocycles. The van der Waals surface area contributed by atoms with E-state index in [4.69, 9.17) is 24.1 Å². The summed E-state index contributed by atoms with van der Waals surface area (Å²) in [5.41, 5.74) is 0.471. The third kappa shape index (κ3) is 7.03. The van der Waals surface area contributed by atoms with Crippen LogP contribution in [0, 0.1) is 17.0 Å². The second kappa shape index (κ2) is 13.1. The Morgan fingerprint density at radius 3 is 2.38 bits per heavy atom. The van der Waals surface area contributed by atoms with Crippen LogP contribution in [-0.4, -0.2) is 58.0 Å². The maximum Gasteiger partial charge on any atom is 0.494 e. The number of aromatic nitrogens is 4. The molecule has 1 saturated heterocycles. The topological polar surface area (TPSA) is 108 Å². The Morgan fingerprint density at radius 1 is 0.906 bits per heavy atom. The number of hydrogen-bond donors (Lipinski definition) is 1. The zero-order valence-electron chi connectivity index (χ0n) is 31.6. The minimum Gasteiger partial charge on any atom is -0.454 e. The number of nitrogens with zero attached hydrogens (tertiary/aromatic N) is 3. The Kier molecular flexibility index (Phi) is 9.18. The highest BCUT2D eigenvalue weighted by atomic mass is 32.2. The summed E-state index contributed by atoms with van der Waals surface area (Å²) in [7, 11) is -2.45. The average molecular weight is 745 g/mol. The summed E-state index contributed by atoms with van der Waals surface area (Å²) in [6.45, 7) is 14.1. The monoisotopic (exact) mass is 744 g/mol. The minimum absolute atomic E-state index is 0.0385. The van der Waals surface area contributed by atoms with Crippen molar-refractivity contribution in [2.45, 2.75) is 90.8 Å². The molecule has 0 amide bonds. The number of halogens is 2. The van der Waals surface area contributed by atoms with E-state index >= 15 is 8.78 Å². The van der Waals surface area contributed by atoms with Gasteiger partial charge in [-0.05, 0) is 94.6 Å². The van der Waals surface area contributed by atoms with Gasteiger partial charge in [-0.1, -0.05) is 44.5 Å². The summed E-state index contributed by atoms with van der Waals surface area (Å²) in [6.07, 6.45) is 3.56. The van der Waals surface area contributed by atoms with Crippen molar-refractivity contribution < 1.29 is 31.2 Å². The molecule has 1 atom stereocenters. The van der Waals surface area contributed by atoms with E-state index in [0.29, 0.717) is 41.6 Å². The largest absolute Gasteiger partial charge is 0.494 e. The summed E-state index contributed by atoms with van der Waals surface area (Å²) in [5, 5.41) is 5.54. The number of fused-ring (bicyclic) bond motifs is 8. The predicted molar refractivity (Wildman–Crippen MR) is 203 cm³/mol. The van der Waals surface area contributed by atoms with Gasteiger partial charge in [-0.25, -0.2) is 26.9 Å². The lowest BCUT2D eigenvalue weighted by molar-refractivity contribution is 0.00578. The summed E-state index contributed by atoms with van der Waals surface area (Å²) in [4.78, 5) is 8.00. The summed E-state index contributed by atoms with van der Waals surface area (Å²) in [6, 6.07) is 15.3. The molecule has 1 unspecified atom stereocenters. The van der Waals surface area contributed by atoms with Crippen molar-refractivity contribution in [2.24, 2.45) is 12.5 Å². The third-order valence-corrected chi connectivity index (χ3v) is 13.4. The first-order chi connectivity index (χ1) is 24.8. The quantitative estimate of drug-likeness (QED) is 0.184. The van der Waals surface area contributed by atoms with Crippen molar-refractivity contribution in [3.8, 4) is 22.9 Å². The van der Waals surface area contributed by atoms with Gasteiger partial charge in [-0.15, -0.1) is 0 Å². The smallest absolute Gasteiger partial charge is 0.454 e. The highest BCUT2D eigenvalue weighted by Gasteiger charge is 2.52. The number of aryl methyl sites for hydroxylation is 2. The Morgan fingerprint density at radius 2 is 1.64 bits per heavy atom. The van der Waals surface area contributed by atoms with Crippen LogP contribution in [0.2, 0.25) is 0 Å². The average Bonchev–Trinajstić information content (AvgIpc) is 3.75. The molecule has 1 fully saturated rings. The first kappa shape index (κ1) is 37.3. The van der Waals surface area contributed by atoms with Gasteiger partial charge in [0.1, 0.15) is 11.6 Å². The number of benzene rings is 3. The van der Waals surface area contributed by atoms with Crippen molar-refractivity contribution >= 4 is 33.3 Å². The maximum absolute atomic E-state index is 15.8. The highest BCUT2D eigenvalue weighted by Crippen LogP contribution is 2.41. The molecule has 2 aliphatic rings. The van der Waals surface area contributed by atoms with Crippen LogP contribution in [0.4, 0.5) is 8.78 Å². The Bertz CT molecular complexity index is 2300. The van der Waals surface area contributed by atoms with Gasteiger partial charge < -0.3 is 19.0 Å². The molecule has 9 nitrogen and oxygen atoms in total. The van der Waals surface area contributed by atoms with E-state index in [9.17, 15) is 8.42 Å². The summed E-state index contributed by atoms with van der Waals surface area (Å²) in [5.74, 6) is -0.603. The van der Waals surface area contributed by atoms with Gasteiger partial charge in [-0.2, -0.15) is 5.10 Å². The zero-order valence-corrected chi connectivity index (χ0v) is 32.5. The molecule has 4 bridgehead atoms. The van der Waals surface area contributed by atoms with E-state index in [2.05, 4.69) is 18.0 Å². The van der Waals surface area contributed by atoms with Gasteiger partial charge in [0.25, 0.3) is 0 Å². The van der Waals surface area contributed by atoms with Gasteiger partial charge in [0.05, 0.1) is 33.7 Å². The molecule has 280 valence electrons. The van der Waals surface area contributed by atoms with Crippen molar-refractivity contribution in [1.29, 1.82) is 0 Å². The second-order valence-corrected chi connectivity index (χ2v) is 18.8. The predicted octanol–water partition coefficient (Wildman–Crippen LogP) is 7.81. The zero-order chi connectivity index (χ0) is 38.1. The summed E-state index contributed by atoms with van der Waals surface area (Å²) >= 11 is 0. The van der Waals surface area contributed by atoms with E-state index < -0.39 is 50.6 Å². The SMILES string of the molecule is Cn1nc2nc1-c1cc(ccc1F)Oc1c(F)cc3[nH]ccc3c1CCS(=O)(=O)CC(C)(C)CCCC2(C)c1cccc(B2OC(C)(C)C(C)(C)O2)c1. The fraction of sp³-hybridized carbons (Fsp3) is 0.450. The second-order valence-electron chi connectivity index (χ2n) is 16.6. The van der Waals surface area contributed by atoms with Crippen LogP contribution in [0.15, 0.2) is 60.8 Å². The molecule has 7 rings (SSSR count). The lowest BCUT2D eigenvalue weighted by Crippen LogP contribution is -2.41. The molecule has 0 radical (unpaired) electrons. The lowest BCUT2D eigenvalue weighted by atomic mass is 9.71. The Balaban J connectivity index is 1.35. The van der Waals surface area contributed by atoms with Crippen LogP contribution in [0.25, 0.3) is 22.3 Å². The molecule has 2 aromatic heterocycles. The summed E-state index contributed by atoms with van der Waals surface area (Å²) < 4.78 is 79.4. The molecule has 4 heterocycles. The standard InChI is InChI=1S/C40H47BF2N4O5S/c1-37(2)17-10-18-40(7,25-11-9-12-26(21-25)41-51-38(3,4)39(5,6)52-41)36-45-35(47(8)46-36)30-22-27(13-14-31(30)42)50-34-29(16-20-53(48,49)24-37)28-15-19-44-33(28)23-32(34)43/h9,11-15,19,21-23,44H,10,16-18,20,24H2,1-8H3. The van der Waals surface area contributed by atoms with E-state index in [1.54, 1.807) is 24.0 Å². The van der Waals surface area contributed by atoms with Gasteiger partial charge in [-0.3, -0.25) is 0 Å². The molecule has 3 aromatic carbocycles. The first-order valence-corrected chi connectivity index (χ1v) is 19.9. The molecule has 0 aliphatic carbocycles. The Hall–Kier alpha value is -4.07. The Labute approximate surface area is 310 Å². The number of ether oxygens (including phenoxy) is 1. The van der Waals surface area contributed by atoms with Gasteiger partial charge in [0.2, 0.25) is 0 Å². The van der Waals surface area contributed by atoms with Crippen LogP contribution >= 0.6 is 0 Å². The number of nitrogens with one attached hydrogen (secondary N) is 1. The van der Waals surface area contributed by atoms with Crippen LogP contribution in [-0.2, 0) is 38.0 Å². The first-order valence-electron chi connectivity index (χ1n) is 18.1. The van der Waals surface area contributed by atoms with Crippen molar-refractivity contribution in [3.63, 3.8) is 0 Å². The molecule has 53 heavy (non-hydrogen) atoms.